The minimum atomic E-state index is -0.821. The second-order valence-corrected chi connectivity index (χ2v) is 7.26. The van der Waals surface area contributed by atoms with E-state index in [1.165, 1.54) is 6.92 Å². The molecule has 0 unspecified atom stereocenters. The minimum Gasteiger partial charge on any atom is -0.480 e. The summed E-state index contributed by atoms with van der Waals surface area (Å²) in [5.41, 5.74) is 2.77. The van der Waals surface area contributed by atoms with Crippen LogP contribution in [-0.2, 0) is 11.2 Å². The first-order valence-electron chi connectivity index (χ1n) is 9.77. The summed E-state index contributed by atoms with van der Waals surface area (Å²) in [7, 11) is 0. The van der Waals surface area contributed by atoms with Gasteiger partial charge in [0.25, 0.3) is 5.91 Å². The van der Waals surface area contributed by atoms with Gasteiger partial charge in [-0.3, -0.25) is 19.3 Å². The van der Waals surface area contributed by atoms with E-state index < -0.39 is 5.97 Å². The average Bonchev–Trinajstić information content (AvgIpc) is 2.95. The third-order valence-electron chi connectivity index (χ3n) is 5.37. The molecular formula is C20H31N3O4. The van der Waals surface area contributed by atoms with Gasteiger partial charge in [0.15, 0.2) is 5.78 Å². The lowest BCUT2D eigenvalue weighted by Crippen LogP contribution is -2.48. The molecule has 1 fully saturated rings. The number of carboxylic acids is 1. The zero-order valence-electron chi connectivity index (χ0n) is 16.8. The van der Waals surface area contributed by atoms with E-state index in [0.717, 1.165) is 30.5 Å². The van der Waals surface area contributed by atoms with Gasteiger partial charge in [-0.05, 0) is 45.2 Å². The zero-order valence-corrected chi connectivity index (χ0v) is 16.8. The van der Waals surface area contributed by atoms with E-state index in [1.807, 2.05) is 30.6 Å². The maximum Gasteiger partial charge on any atom is 0.317 e. The Morgan fingerprint density at radius 3 is 2.33 bits per heavy atom. The summed E-state index contributed by atoms with van der Waals surface area (Å²) >= 11 is 0. The molecule has 2 N–H and O–H groups in total. The van der Waals surface area contributed by atoms with Gasteiger partial charge in [0.05, 0.1) is 6.54 Å². The number of nitrogens with zero attached hydrogens (tertiary/aromatic N) is 2. The summed E-state index contributed by atoms with van der Waals surface area (Å²) in [6, 6.07) is 0.184. The Balaban J connectivity index is 2.13. The van der Waals surface area contributed by atoms with Crippen molar-refractivity contribution in [1.82, 2.24) is 14.8 Å². The third kappa shape index (κ3) is 4.77. The number of carboxylic acid groups (broad SMARTS) is 1. The van der Waals surface area contributed by atoms with Crippen molar-refractivity contribution in [3.8, 4) is 0 Å². The van der Waals surface area contributed by atoms with Crippen LogP contribution in [0.25, 0.3) is 0 Å². The quantitative estimate of drug-likeness (QED) is 0.679. The average molecular weight is 377 g/mol. The van der Waals surface area contributed by atoms with Crippen LogP contribution in [0, 0.1) is 6.92 Å². The van der Waals surface area contributed by atoms with Crippen molar-refractivity contribution >= 4 is 17.7 Å². The van der Waals surface area contributed by atoms with Crippen LogP contribution in [0.2, 0.25) is 0 Å². The number of ketones is 1. The van der Waals surface area contributed by atoms with Crippen molar-refractivity contribution in [3.05, 3.63) is 22.5 Å². The number of amides is 1. The molecule has 0 spiro atoms. The molecule has 0 saturated carbocycles. The molecule has 1 amide bonds. The molecule has 0 aromatic carbocycles. The number of likely N-dealkylation sites (tertiary alicyclic amines) is 1. The number of Topliss-reactive ketones (excluding diaryl/α,β-unsaturated/α-hetero) is 1. The van der Waals surface area contributed by atoms with Gasteiger partial charge in [0, 0.05) is 30.4 Å². The Morgan fingerprint density at radius 1 is 1.22 bits per heavy atom. The van der Waals surface area contributed by atoms with Gasteiger partial charge >= 0.3 is 5.97 Å². The van der Waals surface area contributed by atoms with E-state index in [1.54, 1.807) is 0 Å². The molecule has 0 bridgehead atoms. The molecule has 2 rings (SSSR count). The van der Waals surface area contributed by atoms with Crippen LogP contribution in [0.1, 0.15) is 72.1 Å². The van der Waals surface area contributed by atoms with Gasteiger partial charge in [0.2, 0.25) is 0 Å². The number of rotatable bonds is 8. The summed E-state index contributed by atoms with van der Waals surface area (Å²) in [6.45, 7) is 9.28. The first-order chi connectivity index (χ1) is 12.8. The number of piperidine rings is 1. The molecular weight excluding hydrogens is 346 g/mol. The van der Waals surface area contributed by atoms with Crippen LogP contribution in [0.3, 0.4) is 0 Å². The molecule has 2 heterocycles. The van der Waals surface area contributed by atoms with Crippen LogP contribution < -0.4 is 0 Å². The van der Waals surface area contributed by atoms with Crippen molar-refractivity contribution in [2.45, 2.75) is 59.4 Å². The highest BCUT2D eigenvalue weighted by atomic mass is 16.4. The van der Waals surface area contributed by atoms with E-state index in [0.29, 0.717) is 37.3 Å². The topological polar surface area (TPSA) is 93.7 Å². The number of likely N-dealkylation sites (N-methyl/N-ethyl adjacent to an activating group) is 1. The highest BCUT2D eigenvalue weighted by Crippen LogP contribution is 2.25. The molecule has 1 aliphatic heterocycles. The monoisotopic (exact) mass is 377 g/mol. The lowest BCUT2D eigenvalue weighted by molar-refractivity contribution is -0.139. The summed E-state index contributed by atoms with van der Waals surface area (Å²) in [4.78, 5) is 43.0. The highest BCUT2D eigenvalue weighted by Gasteiger charge is 2.30. The van der Waals surface area contributed by atoms with Crippen LogP contribution in [0.5, 0.6) is 0 Å². The van der Waals surface area contributed by atoms with Gasteiger partial charge in [-0.1, -0.05) is 20.3 Å². The Bertz CT molecular complexity index is 702. The van der Waals surface area contributed by atoms with Gasteiger partial charge in [-0.15, -0.1) is 0 Å². The molecule has 0 atom stereocenters. The number of aryl methyl sites for hydroxylation is 1. The number of carbonyl (C=O) groups excluding carboxylic acids is 2. The van der Waals surface area contributed by atoms with E-state index in [2.05, 4.69) is 4.98 Å². The first-order valence-corrected chi connectivity index (χ1v) is 9.77. The van der Waals surface area contributed by atoms with Crippen molar-refractivity contribution in [2.24, 2.45) is 0 Å². The molecule has 0 aliphatic carbocycles. The second kappa shape index (κ2) is 9.17. The SMILES string of the molecule is CCCc1c(C(=O)N2CCC(N(CC)CC(=O)O)CC2)[nH]c(C)c1C(C)=O. The van der Waals surface area contributed by atoms with Gasteiger partial charge in [-0.2, -0.15) is 0 Å². The maximum atomic E-state index is 13.1. The zero-order chi connectivity index (χ0) is 20.1. The number of hydrogen-bond acceptors (Lipinski definition) is 4. The fraction of sp³-hybridized carbons (Fsp3) is 0.650. The van der Waals surface area contributed by atoms with Gasteiger partial charge in [0.1, 0.15) is 5.69 Å². The summed E-state index contributed by atoms with van der Waals surface area (Å²) < 4.78 is 0. The maximum absolute atomic E-state index is 13.1. The van der Waals surface area contributed by atoms with E-state index in [9.17, 15) is 14.4 Å². The Kier molecular flexibility index (Phi) is 7.18. The van der Waals surface area contributed by atoms with Crippen molar-refractivity contribution in [1.29, 1.82) is 0 Å². The molecule has 1 aromatic rings. The van der Waals surface area contributed by atoms with Crippen LogP contribution in [0.15, 0.2) is 0 Å². The van der Waals surface area contributed by atoms with Crippen molar-refractivity contribution < 1.29 is 19.5 Å². The normalized spacial score (nSPS) is 15.4. The number of H-pyrrole nitrogens is 1. The largest absolute Gasteiger partial charge is 0.480 e. The minimum absolute atomic E-state index is 0.0165. The molecule has 0 radical (unpaired) electrons. The summed E-state index contributed by atoms with van der Waals surface area (Å²) in [6.07, 6.45) is 3.07. The number of hydrogen-bond donors (Lipinski definition) is 2. The highest BCUT2D eigenvalue weighted by molar-refractivity contribution is 6.02. The molecule has 1 saturated heterocycles. The van der Waals surface area contributed by atoms with E-state index in [4.69, 9.17) is 5.11 Å². The smallest absolute Gasteiger partial charge is 0.317 e. The number of aromatic nitrogens is 1. The van der Waals surface area contributed by atoms with Crippen molar-refractivity contribution in [3.63, 3.8) is 0 Å². The van der Waals surface area contributed by atoms with E-state index in [-0.39, 0.29) is 24.3 Å². The molecule has 1 aromatic heterocycles. The number of aromatic amines is 1. The van der Waals surface area contributed by atoms with Crippen LogP contribution >= 0.6 is 0 Å². The van der Waals surface area contributed by atoms with Crippen molar-refractivity contribution in [2.75, 3.05) is 26.2 Å². The second-order valence-electron chi connectivity index (χ2n) is 7.26. The lowest BCUT2D eigenvalue weighted by atomic mass is 9.99. The Labute approximate surface area is 160 Å². The third-order valence-corrected chi connectivity index (χ3v) is 5.37. The molecule has 150 valence electrons. The first kappa shape index (κ1) is 21.2. The molecule has 27 heavy (non-hydrogen) atoms. The predicted octanol–water partition coefficient (Wildman–Crippen LogP) is 2.49. The number of carbonyl (C=O) groups is 3. The number of aliphatic carboxylic acids is 1. The van der Waals surface area contributed by atoms with Gasteiger partial charge < -0.3 is 15.0 Å². The van der Waals surface area contributed by atoms with Gasteiger partial charge in [-0.25, -0.2) is 0 Å². The molecule has 1 aliphatic rings. The summed E-state index contributed by atoms with van der Waals surface area (Å²) in [5.74, 6) is -0.899. The molecule has 7 heteroatoms. The fourth-order valence-corrected chi connectivity index (χ4v) is 4.10. The summed E-state index contributed by atoms with van der Waals surface area (Å²) in [5, 5.41) is 9.05. The lowest BCUT2D eigenvalue weighted by Gasteiger charge is -2.37. The molecule has 7 nitrogen and oxygen atoms in total. The number of nitrogens with one attached hydrogen (secondary N) is 1. The van der Waals surface area contributed by atoms with Crippen LogP contribution in [0.4, 0.5) is 0 Å². The fourth-order valence-electron chi connectivity index (χ4n) is 4.10. The van der Waals surface area contributed by atoms with E-state index >= 15 is 0 Å². The standard InChI is InChI=1S/C20H31N3O4/c1-5-7-16-18(14(4)24)13(3)21-19(16)20(27)23-10-8-15(9-11-23)22(6-2)12-17(25)26/h15,21H,5-12H2,1-4H3,(H,25,26). The Morgan fingerprint density at radius 2 is 1.85 bits per heavy atom. The Hall–Kier alpha value is -2.15. The van der Waals surface area contributed by atoms with Crippen LogP contribution in [-0.4, -0.2) is 69.8 Å². The predicted molar refractivity (Wildman–Crippen MR) is 103 cm³/mol.